The molecule has 0 radical (unpaired) electrons. The first-order valence-electron chi connectivity index (χ1n) is 7.42. The van der Waals surface area contributed by atoms with Crippen LogP contribution in [-0.2, 0) is 0 Å². The van der Waals surface area contributed by atoms with Crippen LogP contribution in [0, 0.1) is 5.92 Å². The second kappa shape index (κ2) is 5.96. The molecule has 0 spiro atoms. The van der Waals surface area contributed by atoms with Crippen LogP contribution in [0.4, 0.5) is 0 Å². The Kier molecular flexibility index (Phi) is 4.51. The molecular formula is C17H27NO. The standard InChI is InChI=1S/C17H27NO/c1-13(11-18-17(2,3)4)9-10-14-12-19-16-8-6-5-7-15(14)16/h5-8,13-14,18H,9-12H2,1-4H3. The summed E-state index contributed by atoms with van der Waals surface area (Å²) in [5.74, 6) is 2.40. The highest BCUT2D eigenvalue weighted by atomic mass is 16.5. The van der Waals surface area contributed by atoms with Crippen LogP contribution in [0.15, 0.2) is 24.3 Å². The van der Waals surface area contributed by atoms with Crippen LogP contribution in [0.2, 0.25) is 0 Å². The molecule has 2 heteroatoms. The molecule has 1 heterocycles. The Morgan fingerprint density at radius 3 is 2.79 bits per heavy atom. The van der Waals surface area contributed by atoms with Gasteiger partial charge >= 0.3 is 0 Å². The molecule has 0 saturated heterocycles. The van der Waals surface area contributed by atoms with Gasteiger partial charge in [0.05, 0.1) is 6.61 Å². The highest BCUT2D eigenvalue weighted by Crippen LogP contribution is 2.36. The Morgan fingerprint density at radius 2 is 2.05 bits per heavy atom. The van der Waals surface area contributed by atoms with Gasteiger partial charge in [0, 0.05) is 17.0 Å². The van der Waals surface area contributed by atoms with Gasteiger partial charge in [-0.15, -0.1) is 0 Å². The molecule has 1 aliphatic rings. The molecule has 0 fully saturated rings. The van der Waals surface area contributed by atoms with Gasteiger partial charge in [0.15, 0.2) is 0 Å². The van der Waals surface area contributed by atoms with Crippen molar-refractivity contribution in [1.29, 1.82) is 0 Å². The van der Waals surface area contributed by atoms with Crippen LogP contribution in [0.3, 0.4) is 0 Å². The lowest BCUT2D eigenvalue weighted by Crippen LogP contribution is -2.38. The molecule has 1 aromatic rings. The third-order valence-electron chi connectivity index (χ3n) is 3.79. The van der Waals surface area contributed by atoms with Crippen LogP contribution >= 0.6 is 0 Å². The minimum Gasteiger partial charge on any atom is -0.493 e. The van der Waals surface area contributed by atoms with Gasteiger partial charge in [-0.3, -0.25) is 0 Å². The number of benzene rings is 1. The minimum absolute atomic E-state index is 0.220. The molecule has 1 aliphatic heterocycles. The van der Waals surface area contributed by atoms with Gasteiger partial charge in [-0.05, 0) is 52.1 Å². The maximum absolute atomic E-state index is 5.74. The number of hydrogen-bond acceptors (Lipinski definition) is 2. The Hall–Kier alpha value is -1.02. The molecule has 106 valence electrons. The fourth-order valence-corrected chi connectivity index (χ4v) is 2.54. The zero-order valence-electron chi connectivity index (χ0n) is 12.7. The van der Waals surface area contributed by atoms with Crippen LogP contribution in [0.5, 0.6) is 5.75 Å². The number of para-hydroxylation sites is 1. The van der Waals surface area contributed by atoms with Crippen LogP contribution in [0.25, 0.3) is 0 Å². The molecule has 2 atom stereocenters. The summed E-state index contributed by atoms with van der Waals surface area (Å²) in [5, 5.41) is 3.58. The fraction of sp³-hybridized carbons (Fsp3) is 0.647. The van der Waals surface area contributed by atoms with E-state index in [1.807, 2.05) is 0 Å². The lowest BCUT2D eigenvalue weighted by Gasteiger charge is -2.24. The van der Waals surface area contributed by atoms with Gasteiger partial charge in [-0.1, -0.05) is 25.1 Å². The number of nitrogens with one attached hydrogen (secondary N) is 1. The van der Waals surface area contributed by atoms with Crippen molar-refractivity contribution >= 4 is 0 Å². The molecule has 1 aromatic carbocycles. The summed E-state index contributed by atoms with van der Waals surface area (Å²) in [4.78, 5) is 0. The maximum atomic E-state index is 5.74. The van der Waals surface area contributed by atoms with Gasteiger partial charge < -0.3 is 10.1 Å². The van der Waals surface area contributed by atoms with Crippen LogP contribution in [-0.4, -0.2) is 18.7 Å². The molecule has 2 rings (SSSR count). The van der Waals surface area contributed by atoms with Crippen molar-refractivity contribution in [2.45, 2.75) is 52.0 Å². The lowest BCUT2D eigenvalue weighted by atomic mass is 9.92. The average molecular weight is 261 g/mol. The monoisotopic (exact) mass is 261 g/mol. The molecule has 1 N–H and O–H groups in total. The zero-order chi connectivity index (χ0) is 13.9. The molecule has 0 aliphatic carbocycles. The van der Waals surface area contributed by atoms with Gasteiger partial charge in [0.2, 0.25) is 0 Å². The van der Waals surface area contributed by atoms with E-state index in [1.165, 1.54) is 18.4 Å². The van der Waals surface area contributed by atoms with Crippen LogP contribution < -0.4 is 10.1 Å². The van der Waals surface area contributed by atoms with Crippen molar-refractivity contribution < 1.29 is 4.74 Å². The third-order valence-corrected chi connectivity index (χ3v) is 3.79. The minimum atomic E-state index is 0.220. The summed E-state index contributed by atoms with van der Waals surface area (Å²) in [6, 6.07) is 8.47. The summed E-state index contributed by atoms with van der Waals surface area (Å²) >= 11 is 0. The van der Waals surface area contributed by atoms with E-state index in [-0.39, 0.29) is 5.54 Å². The maximum Gasteiger partial charge on any atom is 0.122 e. The Balaban J connectivity index is 1.78. The van der Waals surface area contributed by atoms with E-state index in [1.54, 1.807) is 0 Å². The number of ether oxygens (including phenoxy) is 1. The van der Waals surface area contributed by atoms with E-state index in [0.717, 1.165) is 18.9 Å². The van der Waals surface area contributed by atoms with Crippen molar-refractivity contribution in [3.63, 3.8) is 0 Å². The largest absolute Gasteiger partial charge is 0.493 e. The lowest BCUT2D eigenvalue weighted by molar-refractivity contribution is 0.310. The average Bonchev–Trinajstić information content (AvgIpc) is 2.76. The molecule has 19 heavy (non-hydrogen) atoms. The third kappa shape index (κ3) is 4.24. The normalized spacial score (nSPS) is 19.9. The topological polar surface area (TPSA) is 21.3 Å². The number of fused-ring (bicyclic) bond motifs is 1. The van der Waals surface area contributed by atoms with Gasteiger partial charge in [-0.25, -0.2) is 0 Å². The summed E-state index contributed by atoms with van der Waals surface area (Å²) in [5.41, 5.74) is 1.62. The van der Waals surface area contributed by atoms with Gasteiger partial charge in [-0.2, -0.15) is 0 Å². The Labute approximate surface area is 117 Å². The first-order chi connectivity index (χ1) is 8.96. The van der Waals surface area contributed by atoms with E-state index in [9.17, 15) is 0 Å². The summed E-state index contributed by atoms with van der Waals surface area (Å²) in [7, 11) is 0. The first-order valence-corrected chi connectivity index (χ1v) is 7.42. The predicted octanol–water partition coefficient (Wildman–Crippen LogP) is 3.97. The molecule has 0 saturated carbocycles. The highest BCUT2D eigenvalue weighted by Gasteiger charge is 2.23. The van der Waals surface area contributed by atoms with Gasteiger partial charge in [0.1, 0.15) is 5.75 Å². The Bertz CT molecular complexity index is 408. The number of rotatable bonds is 5. The second-order valence-corrected chi connectivity index (χ2v) is 6.86. The van der Waals surface area contributed by atoms with Crippen molar-refractivity contribution in [2.24, 2.45) is 5.92 Å². The highest BCUT2D eigenvalue weighted by molar-refractivity contribution is 5.39. The van der Waals surface area contributed by atoms with Gasteiger partial charge in [0.25, 0.3) is 0 Å². The first kappa shape index (κ1) is 14.4. The molecule has 0 bridgehead atoms. The Morgan fingerprint density at radius 1 is 1.32 bits per heavy atom. The smallest absolute Gasteiger partial charge is 0.122 e. The molecule has 2 nitrogen and oxygen atoms in total. The van der Waals surface area contributed by atoms with E-state index < -0.39 is 0 Å². The second-order valence-electron chi connectivity index (χ2n) is 6.86. The molecular weight excluding hydrogens is 234 g/mol. The fourth-order valence-electron chi connectivity index (χ4n) is 2.54. The zero-order valence-corrected chi connectivity index (χ0v) is 12.7. The van der Waals surface area contributed by atoms with Crippen molar-refractivity contribution in [1.82, 2.24) is 5.32 Å². The van der Waals surface area contributed by atoms with Crippen molar-refractivity contribution in [3.05, 3.63) is 29.8 Å². The quantitative estimate of drug-likeness (QED) is 0.866. The molecule has 2 unspecified atom stereocenters. The predicted molar refractivity (Wildman–Crippen MR) is 80.8 cm³/mol. The summed E-state index contributed by atoms with van der Waals surface area (Å²) < 4.78 is 5.74. The molecule has 0 amide bonds. The van der Waals surface area contributed by atoms with E-state index >= 15 is 0 Å². The SMILES string of the molecule is CC(CCC1COc2ccccc21)CNC(C)(C)C. The summed E-state index contributed by atoms with van der Waals surface area (Å²) in [6.07, 6.45) is 2.48. The molecule has 0 aromatic heterocycles. The van der Waals surface area contributed by atoms with E-state index in [0.29, 0.717) is 11.8 Å². The van der Waals surface area contributed by atoms with E-state index in [4.69, 9.17) is 4.74 Å². The number of hydrogen-bond donors (Lipinski definition) is 1. The van der Waals surface area contributed by atoms with Crippen molar-refractivity contribution in [3.8, 4) is 5.75 Å². The van der Waals surface area contributed by atoms with Crippen molar-refractivity contribution in [2.75, 3.05) is 13.2 Å². The van der Waals surface area contributed by atoms with E-state index in [2.05, 4.69) is 57.3 Å². The summed E-state index contributed by atoms with van der Waals surface area (Å²) in [6.45, 7) is 11.0. The van der Waals surface area contributed by atoms with Crippen LogP contribution in [0.1, 0.15) is 52.0 Å².